The van der Waals surface area contributed by atoms with E-state index in [1.165, 1.54) is 12.8 Å². The van der Waals surface area contributed by atoms with Gasteiger partial charge in [0, 0.05) is 26.2 Å². The van der Waals surface area contributed by atoms with Gasteiger partial charge in [0.1, 0.15) is 0 Å². The second kappa shape index (κ2) is 5.80. The smallest absolute Gasteiger partial charge is 0.334 e. The number of methoxy groups -OCH3 is 1. The van der Waals surface area contributed by atoms with Gasteiger partial charge >= 0.3 is 5.97 Å². The van der Waals surface area contributed by atoms with Gasteiger partial charge in [-0.2, -0.15) is 0 Å². The highest BCUT2D eigenvalue weighted by Crippen LogP contribution is 2.26. The third-order valence-corrected chi connectivity index (χ3v) is 3.81. The lowest BCUT2D eigenvalue weighted by Crippen LogP contribution is -2.54. The van der Waals surface area contributed by atoms with Crippen molar-refractivity contribution < 1.29 is 19.4 Å². The van der Waals surface area contributed by atoms with Crippen molar-refractivity contribution in [3.63, 3.8) is 0 Å². The fraction of sp³-hybridized carbons (Fsp3) is 0.917. The average Bonchev–Trinajstić information content (AvgIpc) is 2.39. The maximum atomic E-state index is 11.0. The Morgan fingerprint density at radius 3 is 2.88 bits per heavy atom. The molecule has 17 heavy (non-hydrogen) atoms. The third-order valence-electron chi connectivity index (χ3n) is 3.81. The highest BCUT2D eigenvalue weighted by atomic mass is 16.5. The Morgan fingerprint density at radius 1 is 1.41 bits per heavy atom. The van der Waals surface area contributed by atoms with Crippen LogP contribution in [-0.2, 0) is 14.3 Å². The molecule has 0 aromatic carbocycles. The molecule has 0 amide bonds. The van der Waals surface area contributed by atoms with Crippen LogP contribution in [0.3, 0.4) is 0 Å². The molecule has 0 aromatic rings. The Bertz CT molecular complexity index is 271. The number of carboxylic acid groups (broad SMARTS) is 1. The van der Waals surface area contributed by atoms with Gasteiger partial charge in [0.2, 0.25) is 0 Å². The van der Waals surface area contributed by atoms with Gasteiger partial charge in [-0.25, -0.2) is 4.79 Å². The van der Waals surface area contributed by atoms with Crippen LogP contribution in [0.2, 0.25) is 0 Å². The van der Waals surface area contributed by atoms with Crippen LogP contribution in [0, 0.1) is 0 Å². The minimum Gasteiger partial charge on any atom is -0.479 e. The lowest BCUT2D eigenvalue weighted by molar-refractivity contribution is -0.159. The largest absolute Gasteiger partial charge is 0.479 e. The quantitative estimate of drug-likeness (QED) is 0.792. The van der Waals surface area contributed by atoms with E-state index in [4.69, 9.17) is 14.6 Å². The molecule has 2 fully saturated rings. The molecule has 1 aliphatic heterocycles. The fourth-order valence-electron chi connectivity index (χ4n) is 2.89. The first-order chi connectivity index (χ1) is 8.22. The van der Waals surface area contributed by atoms with Crippen LogP contribution in [0.1, 0.15) is 25.7 Å². The highest BCUT2D eigenvalue weighted by Gasteiger charge is 2.35. The molecule has 1 N–H and O–H groups in total. The molecule has 5 heteroatoms. The van der Waals surface area contributed by atoms with Crippen LogP contribution in [0.5, 0.6) is 0 Å². The van der Waals surface area contributed by atoms with Gasteiger partial charge < -0.3 is 14.6 Å². The molecule has 98 valence electrons. The molecule has 3 unspecified atom stereocenters. The van der Waals surface area contributed by atoms with Crippen molar-refractivity contribution in [3.8, 4) is 0 Å². The Labute approximate surface area is 102 Å². The van der Waals surface area contributed by atoms with Crippen molar-refractivity contribution in [2.75, 3.05) is 26.8 Å². The summed E-state index contributed by atoms with van der Waals surface area (Å²) in [6.07, 6.45) is 4.17. The predicted octanol–water partition coefficient (Wildman–Crippen LogP) is 0.729. The van der Waals surface area contributed by atoms with E-state index >= 15 is 0 Å². The summed E-state index contributed by atoms with van der Waals surface area (Å²) in [7, 11) is 1.75. The molecular formula is C12H21NO4. The molecule has 2 rings (SSSR count). The summed E-state index contributed by atoms with van der Waals surface area (Å²) in [6, 6.07) is 0.361. The van der Waals surface area contributed by atoms with Crippen LogP contribution < -0.4 is 0 Å². The van der Waals surface area contributed by atoms with E-state index < -0.39 is 12.1 Å². The van der Waals surface area contributed by atoms with E-state index in [1.54, 1.807) is 7.11 Å². The maximum Gasteiger partial charge on any atom is 0.334 e. The van der Waals surface area contributed by atoms with E-state index in [1.807, 2.05) is 0 Å². The van der Waals surface area contributed by atoms with Gasteiger partial charge in [-0.05, 0) is 12.8 Å². The summed E-state index contributed by atoms with van der Waals surface area (Å²) in [5.74, 6) is -0.862. The SMILES string of the molecule is COC1CCCCC1N1CCOC(C(=O)O)C1. The number of rotatable bonds is 3. The minimum absolute atomic E-state index is 0.247. The number of hydrogen-bond acceptors (Lipinski definition) is 4. The number of aliphatic carboxylic acids is 1. The molecule has 5 nitrogen and oxygen atoms in total. The predicted molar refractivity (Wildman–Crippen MR) is 62.0 cm³/mol. The summed E-state index contributed by atoms with van der Waals surface area (Å²) in [5.41, 5.74) is 0. The van der Waals surface area contributed by atoms with Gasteiger partial charge in [0.05, 0.1) is 12.7 Å². The zero-order chi connectivity index (χ0) is 12.3. The van der Waals surface area contributed by atoms with Crippen LogP contribution >= 0.6 is 0 Å². The van der Waals surface area contributed by atoms with Crippen LogP contribution in [0.15, 0.2) is 0 Å². The number of carbonyl (C=O) groups is 1. The van der Waals surface area contributed by atoms with Gasteiger partial charge in [-0.3, -0.25) is 4.90 Å². The molecule has 0 aromatic heterocycles. The first-order valence-electron chi connectivity index (χ1n) is 6.33. The Morgan fingerprint density at radius 2 is 2.18 bits per heavy atom. The van der Waals surface area contributed by atoms with Crippen molar-refractivity contribution in [1.29, 1.82) is 0 Å². The molecule has 3 atom stereocenters. The standard InChI is InChI=1S/C12H21NO4/c1-16-10-5-3-2-4-9(10)13-6-7-17-11(8-13)12(14)15/h9-11H,2-8H2,1H3,(H,14,15). The zero-order valence-corrected chi connectivity index (χ0v) is 10.3. The number of carboxylic acids is 1. The van der Waals surface area contributed by atoms with E-state index in [9.17, 15) is 4.79 Å². The summed E-state index contributed by atoms with van der Waals surface area (Å²) in [4.78, 5) is 13.2. The van der Waals surface area contributed by atoms with Crippen molar-refractivity contribution in [3.05, 3.63) is 0 Å². The normalized spacial score (nSPS) is 35.7. The molecule has 1 aliphatic carbocycles. The Hall–Kier alpha value is -0.650. The van der Waals surface area contributed by atoms with Crippen LogP contribution in [0.25, 0.3) is 0 Å². The summed E-state index contributed by atoms with van der Waals surface area (Å²) in [5, 5.41) is 8.99. The van der Waals surface area contributed by atoms with Crippen LogP contribution in [-0.4, -0.2) is 61.0 Å². The molecule has 1 heterocycles. The summed E-state index contributed by atoms with van der Waals surface area (Å²) >= 11 is 0. The fourth-order valence-corrected chi connectivity index (χ4v) is 2.89. The zero-order valence-electron chi connectivity index (χ0n) is 10.3. The molecule has 1 saturated carbocycles. The first kappa shape index (κ1) is 12.8. The second-order valence-electron chi connectivity index (χ2n) is 4.82. The lowest BCUT2D eigenvalue weighted by Gasteiger charge is -2.42. The monoisotopic (exact) mass is 243 g/mol. The molecule has 1 saturated heterocycles. The molecule has 0 radical (unpaired) electrons. The average molecular weight is 243 g/mol. The van der Waals surface area contributed by atoms with E-state index in [2.05, 4.69) is 4.90 Å². The van der Waals surface area contributed by atoms with Gasteiger partial charge in [-0.1, -0.05) is 12.8 Å². The number of hydrogen-bond donors (Lipinski definition) is 1. The Balaban J connectivity index is 1.97. The van der Waals surface area contributed by atoms with Crippen molar-refractivity contribution in [2.45, 2.75) is 43.9 Å². The maximum absolute atomic E-state index is 11.0. The molecule has 0 spiro atoms. The molecular weight excluding hydrogens is 222 g/mol. The number of morpholine rings is 1. The molecule has 0 bridgehead atoms. The first-order valence-corrected chi connectivity index (χ1v) is 6.33. The topological polar surface area (TPSA) is 59.0 Å². The second-order valence-corrected chi connectivity index (χ2v) is 4.82. The number of nitrogens with zero attached hydrogens (tertiary/aromatic N) is 1. The van der Waals surface area contributed by atoms with Crippen molar-refractivity contribution >= 4 is 5.97 Å². The number of ether oxygens (including phenoxy) is 2. The minimum atomic E-state index is -0.862. The molecule has 2 aliphatic rings. The van der Waals surface area contributed by atoms with Gasteiger partial charge in [-0.15, -0.1) is 0 Å². The van der Waals surface area contributed by atoms with Crippen molar-refractivity contribution in [2.24, 2.45) is 0 Å². The third kappa shape index (κ3) is 2.97. The van der Waals surface area contributed by atoms with E-state index in [0.29, 0.717) is 19.2 Å². The summed E-state index contributed by atoms with van der Waals surface area (Å²) < 4.78 is 10.8. The highest BCUT2D eigenvalue weighted by molar-refractivity contribution is 5.72. The van der Waals surface area contributed by atoms with Crippen LogP contribution in [0.4, 0.5) is 0 Å². The Kier molecular flexibility index (Phi) is 4.36. The lowest BCUT2D eigenvalue weighted by atomic mass is 9.90. The van der Waals surface area contributed by atoms with Crippen molar-refractivity contribution in [1.82, 2.24) is 4.90 Å². The van der Waals surface area contributed by atoms with Gasteiger partial charge in [0.15, 0.2) is 6.10 Å². The summed E-state index contributed by atoms with van der Waals surface area (Å²) in [6.45, 7) is 1.80. The van der Waals surface area contributed by atoms with E-state index in [-0.39, 0.29) is 6.10 Å². The van der Waals surface area contributed by atoms with E-state index in [0.717, 1.165) is 19.4 Å². The van der Waals surface area contributed by atoms with Gasteiger partial charge in [0.25, 0.3) is 0 Å².